The third kappa shape index (κ3) is 2.56. The van der Waals surface area contributed by atoms with E-state index in [0.29, 0.717) is 6.04 Å². The van der Waals surface area contributed by atoms with Crippen molar-refractivity contribution >= 4 is 11.3 Å². The molecule has 0 amide bonds. The molecule has 1 aromatic heterocycles. The summed E-state index contributed by atoms with van der Waals surface area (Å²) in [6, 6.07) is 4.80. The molecule has 0 saturated heterocycles. The Hall–Kier alpha value is -0.380. The van der Waals surface area contributed by atoms with Crippen LogP contribution in [0.1, 0.15) is 17.7 Å². The minimum atomic E-state index is 0.482. The molecule has 0 unspecified atom stereocenters. The largest absolute Gasteiger partial charge is 0.328 e. The van der Waals surface area contributed by atoms with Crippen molar-refractivity contribution in [2.75, 3.05) is 13.6 Å². The fraction of sp³-hybridized carbons (Fsp3) is 0.636. The van der Waals surface area contributed by atoms with Crippen LogP contribution in [0.2, 0.25) is 0 Å². The van der Waals surface area contributed by atoms with Crippen LogP contribution in [0.25, 0.3) is 0 Å². The fourth-order valence-corrected chi connectivity index (χ4v) is 2.89. The molecule has 0 aliphatic heterocycles. The number of hydrogen-bond donors (Lipinski definition) is 1. The van der Waals surface area contributed by atoms with E-state index < -0.39 is 0 Å². The second-order valence-electron chi connectivity index (χ2n) is 4.37. The lowest BCUT2D eigenvalue weighted by molar-refractivity contribution is 0.179. The molecule has 0 radical (unpaired) electrons. The maximum Gasteiger partial charge on any atom is 0.0324 e. The number of rotatable bonds is 4. The van der Waals surface area contributed by atoms with Crippen LogP contribution < -0.4 is 5.73 Å². The zero-order valence-corrected chi connectivity index (χ0v) is 9.46. The highest BCUT2D eigenvalue weighted by Crippen LogP contribution is 2.26. The van der Waals surface area contributed by atoms with E-state index in [1.165, 1.54) is 24.3 Å². The van der Waals surface area contributed by atoms with E-state index in [-0.39, 0.29) is 0 Å². The van der Waals surface area contributed by atoms with Gasteiger partial charge in [-0.1, -0.05) is 6.07 Å². The molecule has 2 N–H and O–H groups in total. The summed E-state index contributed by atoms with van der Waals surface area (Å²) in [7, 11) is 2.20. The van der Waals surface area contributed by atoms with Crippen molar-refractivity contribution in [3.8, 4) is 0 Å². The number of nitrogens with two attached hydrogens (primary N) is 1. The van der Waals surface area contributed by atoms with Gasteiger partial charge in [0, 0.05) is 24.0 Å². The molecule has 1 fully saturated rings. The highest BCUT2D eigenvalue weighted by molar-refractivity contribution is 7.09. The molecule has 2 nitrogen and oxygen atoms in total. The van der Waals surface area contributed by atoms with Crippen molar-refractivity contribution in [1.29, 1.82) is 0 Å². The zero-order valence-electron chi connectivity index (χ0n) is 8.65. The van der Waals surface area contributed by atoms with Crippen LogP contribution in [0.5, 0.6) is 0 Å². The smallest absolute Gasteiger partial charge is 0.0324 e. The molecule has 1 heterocycles. The van der Waals surface area contributed by atoms with E-state index in [9.17, 15) is 0 Å². The average Bonchev–Trinajstić information content (AvgIpc) is 2.54. The molecule has 0 spiro atoms. The lowest BCUT2D eigenvalue weighted by Gasteiger charge is -2.35. The van der Waals surface area contributed by atoms with Crippen LogP contribution in [0.3, 0.4) is 0 Å². The van der Waals surface area contributed by atoms with E-state index in [1.54, 1.807) is 0 Å². The standard InChI is InChI=1S/C11H18N2S/c1-13(7-9-5-10(12)6-9)8-11-3-2-4-14-11/h2-4,9-10H,5-8,12H2,1H3. The Balaban J connectivity index is 1.71. The van der Waals surface area contributed by atoms with Crippen LogP contribution in [-0.2, 0) is 6.54 Å². The molecule has 78 valence electrons. The van der Waals surface area contributed by atoms with Gasteiger partial charge in [0.2, 0.25) is 0 Å². The van der Waals surface area contributed by atoms with Crippen LogP contribution in [0, 0.1) is 5.92 Å². The Bertz CT molecular complexity index is 265. The molecule has 14 heavy (non-hydrogen) atoms. The van der Waals surface area contributed by atoms with E-state index in [0.717, 1.165) is 12.5 Å². The minimum Gasteiger partial charge on any atom is -0.328 e. The van der Waals surface area contributed by atoms with Crippen LogP contribution in [-0.4, -0.2) is 24.5 Å². The summed E-state index contributed by atoms with van der Waals surface area (Å²) >= 11 is 1.84. The van der Waals surface area contributed by atoms with E-state index in [2.05, 4.69) is 29.5 Å². The van der Waals surface area contributed by atoms with E-state index in [1.807, 2.05) is 11.3 Å². The molecule has 1 aliphatic carbocycles. The van der Waals surface area contributed by atoms with Gasteiger partial charge in [0.25, 0.3) is 0 Å². The molecule has 0 aromatic carbocycles. The molecule has 1 aliphatic rings. The fourth-order valence-electron chi connectivity index (χ4n) is 2.11. The Kier molecular flexibility index (Phi) is 3.21. The van der Waals surface area contributed by atoms with Crippen LogP contribution >= 0.6 is 11.3 Å². The summed E-state index contributed by atoms with van der Waals surface area (Å²) in [5, 5.41) is 2.14. The predicted octanol–water partition coefficient (Wildman–Crippen LogP) is 1.92. The van der Waals surface area contributed by atoms with Gasteiger partial charge in [-0.3, -0.25) is 0 Å². The molecular formula is C11H18N2S. The van der Waals surface area contributed by atoms with Crippen molar-refractivity contribution in [1.82, 2.24) is 4.90 Å². The summed E-state index contributed by atoms with van der Waals surface area (Å²) in [6.45, 7) is 2.29. The van der Waals surface area contributed by atoms with Crippen LogP contribution in [0.15, 0.2) is 17.5 Å². The SMILES string of the molecule is CN(Cc1cccs1)CC1CC(N)C1. The average molecular weight is 210 g/mol. The lowest BCUT2D eigenvalue weighted by Crippen LogP contribution is -2.41. The van der Waals surface area contributed by atoms with Gasteiger partial charge >= 0.3 is 0 Å². The summed E-state index contributed by atoms with van der Waals surface area (Å²) < 4.78 is 0. The Morgan fingerprint density at radius 1 is 1.57 bits per heavy atom. The lowest BCUT2D eigenvalue weighted by atomic mass is 9.80. The molecule has 0 atom stereocenters. The maximum atomic E-state index is 5.76. The van der Waals surface area contributed by atoms with Gasteiger partial charge in [-0.15, -0.1) is 11.3 Å². The summed E-state index contributed by atoms with van der Waals surface area (Å²) in [5.41, 5.74) is 5.76. The second kappa shape index (κ2) is 4.43. The first-order valence-electron chi connectivity index (χ1n) is 5.20. The highest BCUT2D eigenvalue weighted by atomic mass is 32.1. The van der Waals surface area contributed by atoms with Gasteiger partial charge in [0.15, 0.2) is 0 Å². The topological polar surface area (TPSA) is 29.3 Å². The van der Waals surface area contributed by atoms with Crippen molar-refractivity contribution < 1.29 is 0 Å². The predicted molar refractivity (Wildman–Crippen MR) is 61.4 cm³/mol. The third-order valence-corrected chi connectivity index (χ3v) is 3.71. The Labute approximate surface area is 89.7 Å². The van der Waals surface area contributed by atoms with Gasteiger partial charge < -0.3 is 10.6 Å². The quantitative estimate of drug-likeness (QED) is 0.822. The Morgan fingerprint density at radius 3 is 2.93 bits per heavy atom. The first-order chi connectivity index (χ1) is 6.74. The van der Waals surface area contributed by atoms with Crippen LogP contribution in [0.4, 0.5) is 0 Å². The maximum absolute atomic E-state index is 5.76. The first-order valence-corrected chi connectivity index (χ1v) is 6.08. The summed E-state index contributed by atoms with van der Waals surface area (Å²) in [4.78, 5) is 3.86. The second-order valence-corrected chi connectivity index (χ2v) is 5.41. The van der Waals surface area contributed by atoms with E-state index >= 15 is 0 Å². The van der Waals surface area contributed by atoms with Gasteiger partial charge in [0.05, 0.1) is 0 Å². The summed E-state index contributed by atoms with van der Waals surface area (Å²) in [5.74, 6) is 0.843. The zero-order chi connectivity index (χ0) is 9.97. The third-order valence-electron chi connectivity index (χ3n) is 2.85. The van der Waals surface area contributed by atoms with Crippen molar-refractivity contribution in [2.24, 2.45) is 11.7 Å². The Morgan fingerprint density at radius 2 is 2.36 bits per heavy atom. The van der Waals surface area contributed by atoms with E-state index in [4.69, 9.17) is 5.73 Å². The molecule has 3 heteroatoms. The highest BCUT2D eigenvalue weighted by Gasteiger charge is 2.26. The number of nitrogens with zero attached hydrogens (tertiary/aromatic N) is 1. The monoisotopic (exact) mass is 210 g/mol. The first kappa shape index (κ1) is 10.1. The van der Waals surface area contributed by atoms with Gasteiger partial charge in [-0.2, -0.15) is 0 Å². The number of hydrogen-bond acceptors (Lipinski definition) is 3. The van der Waals surface area contributed by atoms with Crippen molar-refractivity contribution in [3.63, 3.8) is 0 Å². The number of thiophene rings is 1. The molecule has 0 bridgehead atoms. The van der Waals surface area contributed by atoms with Crippen molar-refractivity contribution in [2.45, 2.75) is 25.4 Å². The molecular weight excluding hydrogens is 192 g/mol. The molecule has 2 rings (SSSR count). The van der Waals surface area contributed by atoms with Gasteiger partial charge in [-0.05, 0) is 37.3 Å². The minimum absolute atomic E-state index is 0.482. The molecule has 1 aromatic rings. The molecule has 1 saturated carbocycles. The van der Waals surface area contributed by atoms with Gasteiger partial charge in [-0.25, -0.2) is 0 Å². The normalized spacial score (nSPS) is 26.5. The van der Waals surface area contributed by atoms with Gasteiger partial charge in [0.1, 0.15) is 0 Å². The van der Waals surface area contributed by atoms with Crippen molar-refractivity contribution in [3.05, 3.63) is 22.4 Å². The summed E-state index contributed by atoms with van der Waals surface area (Å²) in [6.07, 6.45) is 2.43.